The van der Waals surface area contributed by atoms with Crippen LogP contribution in [-0.4, -0.2) is 41.4 Å². The Hall–Kier alpha value is -0.430. The monoisotopic (exact) mass is 303 g/mol. The van der Waals surface area contributed by atoms with Gasteiger partial charge in [0.2, 0.25) is 0 Å². The lowest BCUT2D eigenvalue weighted by Gasteiger charge is -2.18. The maximum Gasteiger partial charge on any atom is 0.0738 e. The van der Waals surface area contributed by atoms with Crippen molar-refractivity contribution in [2.75, 3.05) is 20.6 Å². The predicted octanol–water partition coefficient (Wildman–Crippen LogP) is 0.817. The number of nitrogens with zero attached hydrogens (tertiary/aromatic N) is 3. The minimum absolute atomic E-state index is 0.267. The van der Waals surface area contributed by atoms with Gasteiger partial charge in [-0.05, 0) is 49.9 Å². The van der Waals surface area contributed by atoms with E-state index in [2.05, 4.69) is 45.4 Å². The molecule has 0 saturated carbocycles. The van der Waals surface area contributed by atoms with Crippen molar-refractivity contribution >= 4 is 15.9 Å². The van der Waals surface area contributed by atoms with Crippen LogP contribution in [0.1, 0.15) is 17.8 Å². The molecule has 0 amide bonds. The van der Waals surface area contributed by atoms with Gasteiger partial charge in [-0.15, -0.1) is 0 Å². The number of rotatable bonds is 6. The van der Waals surface area contributed by atoms with Crippen molar-refractivity contribution in [1.29, 1.82) is 0 Å². The molecule has 0 saturated heterocycles. The summed E-state index contributed by atoms with van der Waals surface area (Å²) in [6.07, 6.45) is 1.89. The second kappa shape index (κ2) is 6.49. The van der Waals surface area contributed by atoms with Gasteiger partial charge in [0.15, 0.2) is 0 Å². The van der Waals surface area contributed by atoms with Crippen LogP contribution in [0.2, 0.25) is 0 Å². The molecule has 0 radical (unpaired) electrons. The molecule has 1 unspecified atom stereocenters. The average molecular weight is 304 g/mol. The maximum absolute atomic E-state index is 5.60. The summed E-state index contributed by atoms with van der Waals surface area (Å²) in [7, 11) is 6.10. The van der Waals surface area contributed by atoms with E-state index in [-0.39, 0.29) is 6.04 Å². The number of hydrogen-bond donors (Lipinski definition) is 2. The van der Waals surface area contributed by atoms with Crippen LogP contribution >= 0.6 is 15.9 Å². The Labute approximate surface area is 111 Å². The number of aromatic nitrogens is 2. The van der Waals surface area contributed by atoms with E-state index in [0.717, 1.165) is 29.6 Å². The summed E-state index contributed by atoms with van der Waals surface area (Å²) in [6.45, 7) is 3.02. The third kappa shape index (κ3) is 4.06. The van der Waals surface area contributed by atoms with Crippen LogP contribution < -0.4 is 11.3 Å². The molecule has 0 fully saturated rings. The molecular weight excluding hydrogens is 282 g/mol. The van der Waals surface area contributed by atoms with Gasteiger partial charge >= 0.3 is 0 Å². The molecule has 0 aromatic carbocycles. The predicted molar refractivity (Wildman–Crippen MR) is 73.6 cm³/mol. The zero-order valence-corrected chi connectivity index (χ0v) is 12.6. The summed E-state index contributed by atoms with van der Waals surface area (Å²) in [5, 5.41) is 4.38. The highest BCUT2D eigenvalue weighted by atomic mass is 79.9. The van der Waals surface area contributed by atoms with Crippen LogP contribution in [0, 0.1) is 6.92 Å². The third-order valence-electron chi connectivity index (χ3n) is 2.86. The fourth-order valence-corrected chi connectivity index (χ4v) is 2.29. The highest BCUT2D eigenvalue weighted by Gasteiger charge is 2.15. The quantitative estimate of drug-likeness (QED) is 0.603. The first-order valence-corrected chi connectivity index (χ1v) is 6.53. The lowest BCUT2D eigenvalue weighted by Crippen LogP contribution is -2.39. The first-order valence-electron chi connectivity index (χ1n) is 5.74. The number of hydrazine groups is 1. The Balaban J connectivity index is 2.67. The topological polar surface area (TPSA) is 59.1 Å². The molecule has 98 valence electrons. The van der Waals surface area contributed by atoms with E-state index in [9.17, 15) is 0 Å². The van der Waals surface area contributed by atoms with E-state index in [1.165, 1.54) is 5.69 Å². The largest absolute Gasteiger partial charge is 0.309 e. The van der Waals surface area contributed by atoms with Gasteiger partial charge in [-0.1, -0.05) is 0 Å². The molecule has 1 aromatic rings. The number of nitrogens with two attached hydrogens (primary N) is 1. The van der Waals surface area contributed by atoms with Crippen LogP contribution in [-0.2, 0) is 13.5 Å². The maximum atomic E-state index is 5.60. The zero-order chi connectivity index (χ0) is 13.0. The lowest BCUT2D eigenvalue weighted by atomic mass is 10.1. The molecule has 5 nitrogen and oxygen atoms in total. The van der Waals surface area contributed by atoms with E-state index in [1.54, 1.807) is 0 Å². The summed E-state index contributed by atoms with van der Waals surface area (Å²) in [5.74, 6) is 5.60. The molecule has 0 aliphatic rings. The van der Waals surface area contributed by atoms with Crippen molar-refractivity contribution in [1.82, 2.24) is 20.1 Å². The van der Waals surface area contributed by atoms with Gasteiger partial charge in [0, 0.05) is 19.5 Å². The molecule has 0 bridgehead atoms. The van der Waals surface area contributed by atoms with Gasteiger partial charge < -0.3 is 4.90 Å². The molecule has 0 aliphatic heterocycles. The first kappa shape index (κ1) is 14.6. The molecular formula is C11H22BrN5. The van der Waals surface area contributed by atoms with Crippen LogP contribution in [0.5, 0.6) is 0 Å². The number of nitrogens with one attached hydrogen (secondary N) is 1. The molecule has 6 heteroatoms. The van der Waals surface area contributed by atoms with Gasteiger partial charge in [0.05, 0.1) is 15.9 Å². The van der Waals surface area contributed by atoms with Crippen LogP contribution in [0.4, 0.5) is 0 Å². The normalized spacial score (nSPS) is 13.4. The summed E-state index contributed by atoms with van der Waals surface area (Å²) in [6, 6.07) is 0.267. The summed E-state index contributed by atoms with van der Waals surface area (Å²) >= 11 is 3.58. The fraction of sp³-hybridized carbons (Fsp3) is 0.727. The molecule has 3 N–H and O–H groups in total. The second-order valence-electron chi connectivity index (χ2n) is 4.63. The number of aryl methyl sites for hydroxylation is 2. The molecule has 17 heavy (non-hydrogen) atoms. The Bertz CT molecular complexity index is 361. The number of halogens is 1. The van der Waals surface area contributed by atoms with Crippen LogP contribution in [0.25, 0.3) is 0 Å². The van der Waals surface area contributed by atoms with Crippen LogP contribution in [0.3, 0.4) is 0 Å². The molecule has 1 rings (SSSR count). The van der Waals surface area contributed by atoms with Gasteiger partial charge in [-0.25, -0.2) is 0 Å². The molecule has 1 atom stereocenters. The molecule has 0 aliphatic carbocycles. The molecule has 0 spiro atoms. The Morgan fingerprint density at radius 3 is 2.59 bits per heavy atom. The molecule has 1 heterocycles. The summed E-state index contributed by atoms with van der Waals surface area (Å²) in [4.78, 5) is 2.16. The van der Waals surface area contributed by atoms with E-state index >= 15 is 0 Å². The highest BCUT2D eigenvalue weighted by molar-refractivity contribution is 9.10. The van der Waals surface area contributed by atoms with E-state index in [1.807, 2.05) is 18.7 Å². The average Bonchev–Trinajstić information content (AvgIpc) is 2.49. The van der Waals surface area contributed by atoms with Crippen molar-refractivity contribution < 1.29 is 0 Å². The van der Waals surface area contributed by atoms with Crippen molar-refractivity contribution in [2.24, 2.45) is 12.9 Å². The number of hydrogen-bond acceptors (Lipinski definition) is 4. The Morgan fingerprint density at radius 2 is 2.18 bits per heavy atom. The first-order chi connectivity index (χ1) is 7.95. The summed E-state index contributed by atoms with van der Waals surface area (Å²) in [5.41, 5.74) is 5.08. The second-order valence-corrected chi connectivity index (χ2v) is 5.42. The van der Waals surface area contributed by atoms with E-state index < -0.39 is 0 Å². The minimum Gasteiger partial charge on any atom is -0.309 e. The zero-order valence-electron chi connectivity index (χ0n) is 11.0. The van der Waals surface area contributed by atoms with Gasteiger partial charge in [0.25, 0.3) is 0 Å². The van der Waals surface area contributed by atoms with Crippen LogP contribution in [0.15, 0.2) is 4.47 Å². The molecule has 1 aromatic heterocycles. The minimum atomic E-state index is 0.267. The third-order valence-corrected chi connectivity index (χ3v) is 3.89. The van der Waals surface area contributed by atoms with Gasteiger partial charge in [0.1, 0.15) is 0 Å². The van der Waals surface area contributed by atoms with Crippen molar-refractivity contribution in [3.8, 4) is 0 Å². The lowest BCUT2D eigenvalue weighted by molar-refractivity contribution is 0.355. The Kier molecular flexibility index (Phi) is 5.58. The van der Waals surface area contributed by atoms with Gasteiger partial charge in [-0.2, -0.15) is 5.10 Å². The standard InChI is InChI=1S/C11H22BrN5/c1-8-11(12)10(17(4)15-8)7-9(14-13)5-6-16(2)3/h9,14H,5-7,13H2,1-4H3. The smallest absolute Gasteiger partial charge is 0.0738 e. The summed E-state index contributed by atoms with van der Waals surface area (Å²) < 4.78 is 3.00. The van der Waals surface area contributed by atoms with Gasteiger partial charge in [-0.3, -0.25) is 16.0 Å². The Morgan fingerprint density at radius 1 is 1.53 bits per heavy atom. The SMILES string of the molecule is Cc1nn(C)c(CC(CCN(C)C)NN)c1Br. The van der Waals surface area contributed by atoms with Crippen molar-refractivity contribution in [2.45, 2.75) is 25.8 Å². The van der Waals surface area contributed by atoms with Crippen molar-refractivity contribution in [3.05, 3.63) is 15.9 Å². The van der Waals surface area contributed by atoms with Crippen molar-refractivity contribution in [3.63, 3.8) is 0 Å². The fourth-order valence-electron chi connectivity index (χ4n) is 1.79. The highest BCUT2D eigenvalue weighted by Crippen LogP contribution is 2.21. The van der Waals surface area contributed by atoms with E-state index in [4.69, 9.17) is 5.84 Å². The van der Waals surface area contributed by atoms with E-state index in [0.29, 0.717) is 0 Å².